The van der Waals surface area contributed by atoms with Gasteiger partial charge in [-0.25, -0.2) is 9.59 Å². The van der Waals surface area contributed by atoms with Crippen molar-refractivity contribution in [2.75, 3.05) is 26.2 Å². The number of hydrogen-bond acceptors (Lipinski definition) is 5. The molecule has 7 nitrogen and oxygen atoms in total. The van der Waals surface area contributed by atoms with Crippen LogP contribution in [0.1, 0.15) is 54.4 Å². The van der Waals surface area contributed by atoms with Gasteiger partial charge in [0.2, 0.25) is 0 Å². The maximum atomic E-state index is 12.5. The van der Waals surface area contributed by atoms with Gasteiger partial charge in [-0.15, -0.1) is 13.2 Å². The van der Waals surface area contributed by atoms with Gasteiger partial charge in [0.15, 0.2) is 0 Å². The fraction of sp³-hybridized carbons (Fsp3) is 0.682. The maximum Gasteiger partial charge on any atom is 0.410 e. The van der Waals surface area contributed by atoms with E-state index < -0.39 is 29.3 Å². The van der Waals surface area contributed by atoms with Gasteiger partial charge in [0.25, 0.3) is 0 Å². The van der Waals surface area contributed by atoms with Gasteiger partial charge in [-0.2, -0.15) is 5.26 Å². The lowest BCUT2D eigenvalue weighted by Crippen LogP contribution is -2.44. The molecule has 0 bridgehead atoms. The summed E-state index contributed by atoms with van der Waals surface area (Å²) in [5.74, 6) is -0.593. The Bertz CT molecular complexity index is 551. The third-order valence-electron chi connectivity index (χ3n) is 3.57. The molecule has 0 aromatic heterocycles. The Morgan fingerprint density at radius 1 is 0.897 bits per heavy atom. The van der Waals surface area contributed by atoms with Crippen molar-refractivity contribution in [2.45, 2.75) is 65.6 Å². The van der Waals surface area contributed by atoms with Crippen LogP contribution in [0.5, 0.6) is 0 Å². The van der Waals surface area contributed by atoms with Crippen molar-refractivity contribution in [3.8, 4) is 6.07 Å². The fourth-order valence-electron chi connectivity index (χ4n) is 2.33. The highest BCUT2D eigenvalue weighted by Crippen LogP contribution is 2.15. The third kappa shape index (κ3) is 12.6. The number of rotatable bonds is 10. The molecule has 0 saturated carbocycles. The minimum absolute atomic E-state index is 0.145. The Kier molecular flexibility index (Phi) is 11.1. The first-order valence-corrected chi connectivity index (χ1v) is 9.90. The lowest BCUT2D eigenvalue weighted by Gasteiger charge is -2.31. The zero-order chi connectivity index (χ0) is 22.7. The molecular weight excluding hydrogens is 370 g/mol. The van der Waals surface area contributed by atoms with Gasteiger partial charge in [-0.3, -0.25) is 0 Å². The second kappa shape index (κ2) is 12.2. The van der Waals surface area contributed by atoms with Gasteiger partial charge in [-0.1, -0.05) is 12.2 Å². The summed E-state index contributed by atoms with van der Waals surface area (Å²) >= 11 is 0. The van der Waals surface area contributed by atoms with Gasteiger partial charge in [0.1, 0.15) is 11.2 Å². The molecular formula is C22H37N3O4. The lowest BCUT2D eigenvalue weighted by atomic mass is 10.1. The zero-order valence-electron chi connectivity index (χ0n) is 18.9. The summed E-state index contributed by atoms with van der Waals surface area (Å²) < 4.78 is 10.9. The van der Waals surface area contributed by atoms with Gasteiger partial charge < -0.3 is 19.3 Å². The highest BCUT2D eigenvalue weighted by Gasteiger charge is 2.28. The molecule has 7 heteroatoms. The molecule has 164 valence electrons. The van der Waals surface area contributed by atoms with Gasteiger partial charge in [-0.05, 0) is 54.4 Å². The van der Waals surface area contributed by atoms with E-state index in [0.717, 1.165) is 0 Å². The first-order valence-electron chi connectivity index (χ1n) is 9.90. The van der Waals surface area contributed by atoms with Crippen LogP contribution in [0, 0.1) is 17.2 Å². The zero-order valence-corrected chi connectivity index (χ0v) is 18.9. The van der Waals surface area contributed by atoms with E-state index in [1.807, 2.05) is 0 Å². The molecule has 0 aliphatic heterocycles. The SMILES string of the molecule is C=CCCN(CC(C#N)CN(CCC=C)C(=O)OC(C)(C)C)C(=O)OC(C)(C)C. The fourth-order valence-corrected chi connectivity index (χ4v) is 2.33. The molecule has 0 heterocycles. The number of amides is 2. The first-order chi connectivity index (χ1) is 13.3. The first kappa shape index (κ1) is 26.5. The maximum absolute atomic E-state index is 12.5. The Hall–Kier alpha value is -2.49. The molecule has 0 aliphatic rings. The van der Waals surface area contributed by atoms with E-state index in [-0.39, 0.29) is 13.1 Å². The smallest absolute Gasteiger partial charge is 0.410 e. The van der Waals surface area contributed by atoms with Crippen LogP contribution in [-0.2, 0) is 9.47 Å². The number of nitrogens with zero attached hydrogens (tertiary/aromatic N) is 3. The Morgan fingerprint density at radius 3 is 1.48 bits per heavy atom. The summed E-state index contributed by atoms with van der Waals surface area (Å²) in [6.45, 7) is 19.2. The van der Waals surface area contributed by atoms with Crippen LogP contribution in [0.15, 0.2) is 25.3 Å². The van der Waals surface area contributed by atoms with Crippen molar-refractivity contribution < 1.29 is 19.1 Å². The Balaban J connectivity index is 5.32. The predicted octanol–water partition coefficient (Wildman–Crippen LogP) is 4.75. The predicted molar refractivity (Wildman–Crippen MR) is 114 cm³/mol. The van der Waals surface area contributed by atoms with Crippen molar-refractivity contribution >= 4 is 12.2 Å². The second-order valence-electron chi connectivity index (χ2n) is 8.83. The number of nitriles is 1. The van der Waals surface area contributed by atoms with Gasteiger partial charge in [0, 0.05) is 26.2 Å². The van der Waals surface area contributed by atoms with Crippen molar-refractivity contribution in [3.63, 3.8) is 0 Å². The normalized spacial score (nSPS) is 11.4. The molecule has 29 heavy (non-hydrogen) atoms. The largest absolute Gasteiger partial charge is 0.444 e. The van der Waals surface area contributed by atoms with Crippen molar-refractivity contribution in [2.24, 2.45) is 5.92 Å². The Labute approximate surface area is 175 Å². The van der Waals surface area contributed by atoms with Crippen molar-refractivity contribution in [3.05, 3.63) is 25.3 Å². The summed E-state index contributed by atoms with van der Waals surface area (Å²) in [6, 6.07) is 2.20. The summed E-state index contributed by atoms with van der Waals surface area (Å²) in [7, 11) is 0. The molecule has 0 radical (unpaired) electrons. The third-order valence-corrected chi connectivity index (χ3v) is 3.57. The van der Waals surface area contributed by atoms with Crippen molar-refractivity contribution in [1.29, 1.82) is 5.26 Å². The van der Waals surface area contributed by atoms with E-state index in [0.29, 0.717) is 25.9 Å². The molecule has 0 atom stereocenters. The van der Waals surface area contributed by atoms with Crippen LogP contribution in [0.2, 0.25) is 0 Å². The summed E-state index contributed by atoms with van der Waals surface area (Å²) in [6.07, 6.45) is 3.57. The van der Waals surface area contributed by atoms with Crippen molar-refractivity contribution in [1.82, 2.24) is 9.80 Å². The summed E-state index contributed by atoms with van der Waals surface area (Å²) in [5, 5.41) is 9.66. The van der Waals surface area contributed by atoms with Crippen LogP contribution >= 0.6 is 0 Å². The topological polar surface area (TPSA) is 82.9 Å². The van der Waals surface area contributed by atoms with Gasteiger partial charge in [0.05, 0.1) is 12.0 Å². The average Bonchev–Trinajstić information content (AvgIpc) is 2.57. The average molecular weight is 408 g/mol. The molecule has 0 aliphatic carbocycles. The number of hydrogen-bond donors (Lipinski definition) is 0. The molecule has 0 aromatic carbocycles. The minimum Gasteiger partial charge on any atom is -0.444 e. The quantitative estimate of drug-likeness (QED) is 0.488. The number of carbonyl (C=O) groups is 2. The van der Waals surface area contributed by atoms with E-state index in [2.05, 4.69) is 19.2 Å². The molecule has 0 aromatic rings. The Morgan fingerprint density at radius 2 is 1.24 bits per heavy atom. The van der Waals surface area contributed by atoms with Crippen LogP contribution in [0.4, 0.5) is 9.59 Å². The van der Waals surface area contributed by atoms with Gasteiger partial charge >= 0.3 is 12.2 Å². The van der Waals surface area contributed by atoms with Crippen LogP contribution in [0.3, 0.4) is 0 Å². The van der Waals surface area contributed by atoms with Crippen LogP contribution in [0.25, 0.3) is 0 Å². The standard InChI is InChI=1S/C22H37N3O4/c1-9-11-13-24(19(26)28-21(3,4)5)16-18(15-23)17-25(14-12-10-2)20(27)29-22(6,7)8/h9-10,18H,1-2,11-14,16-17H2,3-8H3. The van der Waals surface area contributed by atoms with Crippen LogP contribution in [-0.4, -0.2) is 59.4 Å². The minimum atomic E-state index is -0.641. The molecule has 0 saturated heterocycles. The molecule has 0 unspecified atom stereocenters. The highest BCUT2D eigenvalue weighted by atomic mass is 16.6. The molecule has 0 rings (SSSR count). The van der Waals surface area contributed by atoms with E-state index in [9.17, 15) is 14.9 Å². The molecule has 2 amide bonds. The van der Waals surface area contributed by atoms with E-state index in [1.54, 1.807) is 53.7 Å². The van der Waals surface area contributed by atoms with Crippen LogP contribution < -0.4 is 0 Å². The van der Waals surface area contributed by atoms with E-state index >= 15 is 0 Å². The number of ether oxygens (including phenoxy) is 2. The summed E-state index contributed by atoms with van der Waals surface area (Å²) in [4.78, 5) is 28.0. The lowest BCUT2D eigenvalue weighted by molar-refractivity contribution is 0.0178. The monoisotopic (exact) mass is 407 g/mol. The van der Waals surface area contributed by atoms with E-state index in [4.69, 9.17) is 9.47 Å². The second-order valence-corrected chi connectivity index (χ2v) is 8.83. The summed E-state index contributed by atoms with van der Waals surface area (Å²) in [5.41, 5.74) is -1.28. The molecule has 0 spiro atoms. The van der Waals surface area contributed by atoms with E-state index in [1.165, 1.54) is 9.80 Å². The molecule has 0 fully saturated rings. The molecule has 0 N–H and O–H groups in total. The number of carbonyl (C=O) groups excluding carboxylic acids is 2. The highest BCUT2D eigenvalue weighted by molar-refractivity contribution is 5.69.